The van der Waals surface area contributed by atoms with Gasteiger partial charge in [-0.25, -0.2) is 0 Å². The van der Waals surface area contributed by atoms with Crippen LogP contribution < -0.4 is 10.2 Å². The summed E-state index contributed by atoms with van der Waals surface area (Å²) in [6.45, 7) is 5.93. The second-order valence-electron chi connectivity index (χ2n) is 5.12. The minimum atomic E-state index is -0.212. The Morgan fingerprint density at radius 3 is 2.25 bits per heavy atom. The highest BCUT2D eigenvalue weighted by Crippen LogP contribution is 2.18. The summed E-state index contributed by atoms with van der Waals surface area (Å²) in [5.74, 6) is -0.0307. The first kappa shape index (κ1) is 12.6. The predicted molar refractivity (Wildman–Crippen MR) is 68.0 cm³/mol. The lowest BCUT2D eigenvalue weighted by molar-refractivity contribution is 0.0920. The number of amides is 1. The zero-order valence-electron chi connectivity index (χ0n) is 10.7. The van der Waals surface area contributed by atoms with E-state index in [0.717, 1.165) is 5.69 Å². The van der Waals surface area contributed by atoms with Crippen LogP contribution in [0.1, 0.15) is 31.1 Å². The highest BCUT2D eigenvalue weighted by atomic mass is 16.1. The average molecular weight is 220 g/mol. The molecule has 3 heteroatoms. The van der Waals surface area contributed by atoms with Gasteiger partial charge in [0, 0.05) is 25.3 Å². The van der Waals surface area contributed by atoms with Crippen molar-refractivity contribution >= 4 is 11.6 Å². The Kier molecular flexibility index (Phi) is 3.58. The van der Waals surface area contributed by atoms with Gasteiger partial charge in [0.2, 0.25) is 0 Å². The molecule has 1 N–H and O–H groups in total. The van der Waals surface area contributed by atoms with Crippen molar-refractivity contribution in [3.05, 3.63) is 29.8 Å². The van der Waals surface area contributed by atoms with Crippen molar-refractivity contribution < 1.29 is 4.79 Å². The van der Waals surface area contributed by atoms with Gasteiger partial charge in [-0.3, -0.25) is 4.79 Å². The fourth-order valence-electron chi connectivity index (χ4n) is 1.46. The fourth-order valence-corrected chi connectivity index (χ4v) is 1.46. The molecule has 0 saturated carbocycles. The zero-order chi connectivity index (χ0) is 12.3. The maximum Gasteiger partial charge on any atom is 0.253 e. The molecule has 0 heterocycles. The molecule has 0 aliphatic rings. The van der Waals surface area contributed by atoms with Crippen LogP contribution in [0.2, 0.25) is 0 Å². The molecule has 0 radical (unpaired) electrons. The van der Waals surface area contributed by atoms with Crippen molar-refractivity contribution in [3.8, 4) is 0 Å². The molecule has 0 spiro atoms. The van der Waals surface area contributed by atoms with Crippen LogP contribution in [-0.4, -0.2) is 25.5 Å². The van der Waals surface area contributed by atoms with Crippen LogP contribution in [0.4, 0.5) is 5.69 Å². The summed E-state index contributed by atoms with van der Waals surface area (Å²) < 4.78 is 0. The van der Waals surface area contributed by atoms with Gasteiger partial charge in [-0.05, 0) is 32.9 Å². The number of rotatable bonds is 2. The molecule has 3 nitrogen and oxygen atoms in total. The third-order valence-electron chi connectivity index (χ3n) is 2.12. The van der Waals surface area contributed by atoms with E-state index in [4.69, 9.17) is 0 Å². The van der Waals surface area contributed by atoms with E-state index in [9.17, 15) is 4.79 Å². The summed E-state index contributed by atoms with van der Waals surface area (Å²) in [4.78, 5) is 14.0. The van der Waals surface area contributed by atoms with Crippen molar-refractivity contribution in [1.29, 1.82) is 0 Å². The molecule has 0 aromatic heterocycles. The first-order valence-electron chi connectivity index (χ1n) is 5.40. The lowest BCUT2D eigenvalue weighted by Gasteiger charge is -2.23. The van der Waals surface area contributed by atoms with Gasteiger partial charge in [-0.1, -0.05) is 12.1 Å². The molecule has 1 amide bonds. The predicted octanol–water partition coefficient (Wildman–Crippen LogP) is 2.28. The van der Waals surface area contributed by atoms with Gasteiger partial charge < -0.3 is 10.2 Å². The van der Waals surface area contributed by atoms with Crippen molar-refractivity contribution in [1.82, 2.24) is 5.32 Å². The average Bonchev–Trinajstić information content (AvgIpc) is 2.15. The second kappa shape index (κ2) is 4.56. The number of hydrogen-bond acceptors (Lipinski definition) is 2. The Bertz CT molecular complexity index is 378. The van der Waals surface area contributed by atoms with Crippen LogP contribution in [0, 0.1) is 0 Å². The standard InChI is InChI=1S/C13H20N2O/c1-13(2,3)14-12(16)10-8-6-7-9-11(10)15(4)5/h6-9H,1-5H3,(H,14,16). The van der Waals surface area contributed by atoms with E-state index in [0.29, 0.717) is 5.56 Å². The van der Waals surface area contributed by atoms with E-state index in [1.165, 1.54) is 0 Å². The normalized spacial score (nSPS) is 11.1. The van der Waals surface area contributed by atoms with E-state index in [1.54, 1.807) is 0 Å². The molecule has 16 heavy (non-hydrogen) atoms. The van der Waals surface area contributed by atoms with E-state index in [2.05, 4.69) is 5.32 Å². The number of benzene rings is 1. The number of anilines is 1. The van der Waals surface area contributed by atoms with Gasteiger partial charge in [-0.15, -0.1) is 0 Å². The van der Waals surface area contributed by atoms with Crippen LogP contribution >= 0.6 is 0 Å². The van der Waals surface area contributed by atoms with E-state index in [1.807, 2.05) is 64.0 Å². The van der Waals surface area contributed by atoms with Crippen LogP contribution in [-0.2, 0) is 0 Å². The highest BCUT2D eigenvalue weighted by Gasteiger charge is 2.17. The lowest BCUT2D eigenvalue weighted by atomic mass is 10.1. The maximum atomic E-state index is 12.0. The smallest absolute Gasteiger partial charge is 0.253 e. The van der Waals surface area contributed by atoms with Crippen LogP contribution in [0.25, 0.3) is 0 Å². The van der Waals surface area contributed by atoms with E-state index < -0.39 is 0 Å². The molecule has 0 saturated heterocycles. The lowest BCUT2D eigenvalue weighted by Crippen LogP contribution is -2.41. The quantitative estimate of drug-likeness (QED) is 0.829. The van der Waals surface area contributed by atoms with Gasteiger partial charge in [0.15, 0.2) is 0 Å². The number of carbonyl (C=O) groups excluding carboxylic acids is 1. The van der Waals surface area contributed by atoms with Gasteiger partial charge in [0.05, 0.1) is 5.56 Å². The molecular formula is C13H20N2O. The van der Waals surface area contributed by atoms with Crippen LogP contribution in [0.15, 0.2) is 24.3 Å². The summed E-state index contributed by atoms with van der Waals surface area (Å²) in [5, 5.41) is 2.97. The molecule has 0 unspecified atom stereocenters. The third kappa shape index (κ3) is 3.26. The van der Waals surface area contributed by atoms with Gasteiger partial charge >= 0.3 is 0 Å². The molecule has 1 aromatic carbocycles. The first-order valence-corrected chi connectivity index (χ1v) is 5.40. The summed E-state index contributed by atoms with van der Waals surface area (Å²) in [5.41, 5.74) is 1.43. The monoisotopic (exact) mass is 220 g/mol. The number of hydrogen-bond donors (Lipinski definition) is 1. The molecule has 0 bridgehead atoms. The summed E-state index contributed by atoms with van der Waals surface area (Å²) >= 11 is 0. The SMILES string of the molecule is CN(C)c1ccccc1C(=O)NC(C)(C)C. The number of para-hydroxylation sites is 1. The Hall–Kier alpha value is -1.51. The van der Waals surface area contributed by atoms with Gasteiger partial charge in [0.25, 0.3) is 5.91 Å². The van der Waals surface area contributed by atoms with E-state index >= 15 is 0 Å². The van der Waals surface area contributed by atoms with Crippen LogP contribution in [0.3, 0.4) is 0 Å². The highest BCUT2D eigenvalue weighted by molar-refractivity contribution is 6.00. The molecule has 88 valence electrons. The molecule has 1 aromatic rings. The third-order valence-corrected chi connectivity index (χ3v) is 2.12. The van der Waals surface area contributed by atoms with Crippen molar-refractivity contribution in [2.75, 3.05) is 19.0 Å². The fraction of sp³-hybridized carbons (Fsp3) is 0.462. The summed E-state index contributed by atoms with van der Waals surface area (Å²) in [6, 6.07) is 7.60. The molecular weight excluding hydrogens is 200 g/mol. The maximum absolute atomic E-state index is 12.0. The topological polar surface area (TPSA) is 32.3 Å². The van der Waals surface area contributed by atoms with Gasteiger partial charge in [0.1, 0.15) is 0 Å². The second-order valence-corrected chi connectivity index (χ2v) is 5.12. The minimum Gasteiger partial charge on any atom is -0.377 e. The largest absolute Gasteiger partial charge is 0.377 e. The summed E-state index contributed by atoms with van der Waals surface area (Å²) in [7, 11) is 3.87. The molecule has 0 atom stereocenters. The van der Waals surface area contributed by atoms with Crippen molar-refractivity contribution in [2.24, 2.45) is 0 Å². The van der Waals surface area contributed by atoms with Crippen molar-refractivity contribution in [3.63, 3.8) is 0 Å². The molecule has 0 aliphatic carbocycles. The summed E-state index contributed by atoms with van der Waals surface area (Å²) in [6.07, 6.45) is 0. The Balaban J connectivity index is 3.00. The minimum absolute atomic E-state index is 0.0307. The Morgan fingerprint density at radius 2 is 1.75 bits per heavy atom. The van der Waals surface area contributed by atoms with E-state index in [-0.39, 0.29) is 11.4 Å². The number of nitrogens with zero attached hydrogens (tertiary/aromatic N) is 1. The number of carbonyl (C=O) groups is 1. The Labute approximate surface area is 97.5 Å². The Morgan fingerprint density at radius 1 is 1.19 bits per heavy atom. The number of nitrogens with one attached hydrogen (secondary N) is 1. The van der Waals surface area contributed by atoms with Gasteiger partial charge in [-0.2, -0.15) is 0 Å². The zero-order valence-corrected chi connectivity index (χ0v) is 10.7. The molecule has 0 fully saturated rings. The van der Waals surface area contributed by atoms with Crippen molar-refractivity contribution in [2.45, 2.75) is 26.3 Å². The molecule has 1 rings (SSSR count). The first-order chi connectivity index (χ1) is 7.31. The van der Waals surface area contributed by atoms with Crippen LogP contribution in [0.5, 0.6) is 0 Å². The molecule has 0 aliphatic heterocycles.